The van der Waals surface area contributed by atoms with Gasteiger partial charge in [0, 0.05) is 25.0 Å². The van der Waals surface area contributed by atoms with E-state index in [9.17, 15) is 13.2 Å². The molecule has 0 radical (unpaired) electrons. The van der Waals surface area contributed by atoms with Crippen molar-refractivity contribution in [1.29, 1.82) is 0 Å². The first-order valence-electron chi connectivity index (χ1n) is 13.4. The monoisotopic (exact) mass is 600 g/mol. The van der Waals surface area contributed by atoms with Crippen LogP contribution < -0.4 is 10.6 Å². The lowest BCUT2D eigenvalue weighted by Gasteiger charge is -2.23. The number of rotatable bonds is 7. The summed E-state index contributed by atoms with van der Waals surface area (Å²) in [5.41, 5.74) is 4.88. The van der Waals surface area contributed by atoms with E-state index in [1.165, 1.54) is 46.3 Å². The molecule has 1 fully saturated rings. The number of pyridine rings is 1. The first-order chi connectivity index (χ1) is 20.0. The summed E-state index contributed by atoms with van der Waals surface area (Å²) in [5, 5.41) is 18.0. The molecular weight excluding hydrogens is 565 g/mol. The third kappa shape index (κ3) is 8.53. The van der Waals surface area contributed by atoms with Crippen molar-refractivity contribution in [2.24, 2.45) is 0 Å². The van der Waals surface area contributed by atoms with Crippen LogP contribution in [0, 0.1) is 13.8 Å². The number of nitrogens with zero attached hydrogens (tertiary/aromatic N) is 6. The van der Waals surface area contributed by atoms with E-state index in [0.717, 1.165) is 10.8 Å². The Kier molecular flexibility index (Phi) is 11.5. The van der Waals surface area contributed by atoms with Gasteiger partial charge < -0.3 is 10.6 Å². The van der Waals surface area contributed by atoms with E-state index >= 15 is 0 Å². The highest BCUT2D eigenvalue weighted by molar-refractivity contribution is 6.32. The van der Waals surface area contributed by atoms with E-state index < -0.39 is 11.9 Å². The van der Waals surface area contributed by atoms with Crippen molar-refractivity contribution < 1.29 is 13.2 Å². The number of halogens is 4. The van der Waals surface area contributed by atoms with Gasteiger partial charge >= 0.3 is 6.18 Å². The summed E-state index contributed by atoms with van der Waals surface area (Å²) in [7, 11) is 3.97. The summed E-state index contributed by atoms with van der Waals surface area (Å²) < 4.78 is 39.1. The lowest BCUT2D eigenvalue weighted by Crippen LogP contribution is -2.31. The molecule has 3 aromatic heterocycles. The zero-order valence-corrected chi connectivity index (χ0v) is 25.0. The number of benzene rings is 1. The van der Waals surface area contributed by atoms with Crippen LogP contribution in [0.3, 0.4) is 0 Å². The number of aryl methyl sites for hydroxylation is 2. The Labute approximate surface area is 249 Å². The summed E-state index contributed by atoms with van der Waals surface area (Å²) >= 11 is 6.10. The predicted molar refractivity (Wildman–Crippen MR) is 163 cm³/mol. The number of aromatic nitrogens is 6. The molecule has 224 valence electrons. The van der Waals surface area contributed by atoms with E-state index in [1.54, 1.807) is 30.5 Å². The first-order valence-corrected chi connectivity index (χ1v) is 13.8. The van der Waals surface area contributed by atoms with Gasteiger partial charge in [0.2, 0.25) is 0 Å². The fourth-order valence-electron chi connectivity index (χ4n) is 4.22. The van der Waals surface area contributed by atoms with E-state index in [4.69, 9.17) is 11.6 Å². The maximum atomic E-state index is 12.6. The van der Waals surface area contributed by atoms with Crippen LogP contribution in [-0.4, -0.2) is 49.9 Å². The number of anilines is 1. The maximum absolute atomic E-state index is 12.6. The van der Waals surface area contributed by atoms with Crippen molar-refractivity contribution in [2.75, 3.05) is 19.4 Å². The molecule has 0 aliphatic heterocycles. The molecule has 42 heavy (non-hydrogen) atoms. The van der Waals surface area contributed by atoms with Gasteiger partial charge in [0.05, 0.1) is 22.6 Å². The Bertz CT molecular complexity index is 1490. The fourth-order valence-corrected chi connectivity index (χ4v) is 4.42. The molecule has 12 heteroatoms. The lowest BCUT2D eigenvalue weighted by molar-refractivity contribution is -0.141. The van der Waals surface area contributed by atoms with Gasteiger partial charge in [-0.25, -0.2) is 9.67 Å². The molecule has 1 aliphatic rings. The van der Waals surface area contributed by atoms with Gasteiger partial charge in [0.15, 0.2) is 11.5 Å². The van der Waals surface area contributed by atoms with Crippen molar-refractivity contribution in [1.82, 2.24) is 35.1 Å². The fraction of sp³-hybridized carbons (Fsp3) is 0.333. The molecule has 0 amide bonds. The smallest absolute Gasteiger partial charge is 0.387 e. The number of nitrogens with one attached hydrogen (secondary N) is 2. The minimum absolute atomic E-state index is 0.0334. The van der Waals surface area contributed by atoms with Crippen molar-refractivity contribution in [3.8, 4) is 5.82 Å². The van der Waals surface area contributed by atoms with Crippen LogP contribution in [0.5, 0.6) is 0 Å². The summed E-state index contributed by atoms with van der Waals surface area (Å²) in [5.74, 6) is 0.393. The number of alkyl halides is 3. The van der Waals surface area contributed by atoms with Gasteiger partial charge in [0.25, 0.3) is 0 Å². The zero-order chi connectivity index (χ0) is 30.9. The number of hydrogen-bond donors (Lipinski definition) is 2. The molecule has 0 saturated heterocycles. The van der Waals surface area contributed by atoms with E-state index in [0.29, 0.717) is 28.4 Å². The Morgan fingerprint density at radius 1 is 1.10 bits per heavy atom. The second kappa shape index (κ2) is 14.8. The molecule has 3 heterocycles. The molecule has 1 aromatic carbocycles. The van der Waals surface area contributed by atoms with Gasteiger partial charge in [0.1, 0.15) is 6.54 Å². The summed E-state index contributed by atoms with van der Waals surface area (Å²) in [4.78, 5) is 5.07. The van der Waals surface area contributed by atoms with Gasteiger partial charge in [-0.2, -0.15) is 28.2 Å². The Hall–Kier alpha value is -3.96. The van der Waals surface area contributed by atoms with Gasteiger partial charge in [-0.1, -0.05) is 48.9 Å². The predicted octanol–water partition coefficient (Wildman–Crippen LogP) is 6.97. The van der Waals surface area contributed by atoms with Crippen LogP contribution in [-0.2, 0) is 12.7 Å². The topological polar surface area (TPSA) is 85.5 Å². The van der Waals surface area contributed by atoms with Crippen LogP contribution >= 0.6 is 11.6 Å². The normalized spacial score (nSPS) is 12.8. The molecular formula is C30H36ClF3N8. The molecule has 2 N–H and O–H groups in total. The number of hydrogen-bond acceptors (Lipinski definition) is 6. The van der Waals surface area contributed by atoms with Crippen molar-refractivity contribution in [3.63, 3.8) is 0 Å². The molecule has 0 spiro atoms. The minimum atomic E-state index is -4.54. The minimum Gasteiger partial charge on any atom is -0.387 e. The van der Waals surface area contributed by atoms with E-state index in [-0.39, 0.29) is 6.54 Å². The molecule has 0 bridgehead atoms. The Morgan fingerprint density at radius 2 is 1.83 bits per heavy atom. The van der Waals surface area contributed by atoms with Gasteiger partial charge in [-0.3, -0.25) is 0 Å². The molecule has 8 nitrogen and oxygen atoms in total. The second-order valence-corrected chi connectivity index (χ2v) is 10.1. The van der Waals surface area contributed by atoms with Crippen LogP contribution in [0.1, 0.15) is 53.0 Å². The average Bonchev–Trinajstić information content (AvgIpc) is 3.56. The van der Waals surface area contributed by atoms with Gasteiger partial charge in [-0.15, -0.1) is 5.10 Å². The van der Waals surface area contributed by atoms with Crippen LogP contribution in [0.4, 0.5) is 18.9 Å². The summed E-state index contributed by atoms with van der Waals surface area (Å²) in [6, 6.07) is 10.1. The highest BCUT2D eigenvalue weighted by Crippen LogP contribution is 2.27. The highest BCUT2D eigenvalue weighted by atomic mass is 35.5. The molecule has 5 rings (SSSR count). The molecule has 4 aromatic rings. The van der Waals surface area contributed by atoms with E-state index in [2.05, 4.69) is 70.1 Å². The van der Waals surface area contributed by atoms with Crippen LogP contribution in [0.2, 0.25) is 5.02 Å². The van der Waals surface area contributed by atoms with Crippen molar-refractivity contribution >= 4 is 29.4 Å². The summed E-state index contributed by atoms with van der Waals surface area (Å²) in [6.07, 6.45) is 5.34. The molecule has 1 saturated carbocycles. The first kappa shape index (κ1) is 32.6. The maximum Gasteiger partial charge on any atom is 0.436 e. The Morgan fingerprint density at radius 3 is 2.33 bits per heavy atom. The van der Waals surface area contributed by atoms with Crippen LogP contribution in [0.25, 0.3) is 18.0 Å². The largest absolute Gasteiger partial charge is 0.436 e. The zero-order valence-electron chi connectivity index (χ0n) is 24.2. The average molecular weight is 601 g/mol. The quantitative estimate of drug-likeness (QED) is 0.238. The SMILES string of the molecule is C=Cc1cc(C)cc(C)c1NC.C=Cc1cc(Cn2ncc(C(F)(F)F)n2)nn1-c1ncccc1Cl.CNC1CCC1. The van der Waals surface area contributed by atoms with Crippen molar-refractivity contribution in [2.45, 2.75) is 51.9 Å². The van der Waals surface area contributed by atoms with Crippen molar-refractivity contribution in [3.05, 3.63) is 94.7 Å². The molecule has 0 atom stereocenters. The lowest BCUT2D eigenvalue weighted by atomic mass is 9.94. The third-order valence-corrected chi connectivity index (χ3v) is 6.86. The Balaban J connectivity index is 0.000000221. The van der Waals surface area contributed by atoms with E-state index in [1.807, 2.05) is 20.2 Å². The van der Waals surface area contributed by atoms with Gasteiger partial charge in [-0.05, 0) is 75.2 Å². The second-order valence-electron chi connectivity index (χ2n) is 9.66. The third-order valence-electron chi connectivity index (χ3n) is 6.56. The molecule has 0 unspecified atom stereocenters. The summed E-state index contributed by atoms with van der Waals surface area (Å²) in [6.45, 7) is 11.6. The standard InChI is InChI=1S/C14H10ClF3N6.C11H15N.C5H11N/c1-2-10-6-9(8-23-20-7-12(22-23)14(16,17)18)21-24(10)13-11(15)4-3-5-19-13;1-5-10-7-8(2)6-9(3)11(10)12-4;1-6-5-3-2-4-5/h2-7H,1,8H2;5-7,12H,1H2,2-4H3;5-6H,2-4H2,1H3. The van der Waals surface area contributed by atoms with Crippen LogP contribution in [0.15, 0.2) is 55.9 Å². The highest BCUT2D eigenvalue weighted by Gasteiger charge is 2.34. The molecule has 1 aliphatic carbocycles.